The predicted octanol–water partition coefficient (Wildman–Crippen LogP) is 3.99. The summed E-state index contributed by atoms with van der Waals surface area (Å²) < 4.78 is 11.0. The lowest BCUT2D eigenvalue weighted by atomic mass is 9.91. The van der Waals surface area contributed by atoms with Gasteiger partial charge in [-0.1, -0.05) is 24.3 Å². The van der Waals surface area contributed by atoms with E-state index >= 15 is 0 Å². The Labute approximate surface area is 136 Å². The molecule has 0 spiro atoms. The van der Waals surface area contributed by atoms with Crippen molar-refractivity contribution in [3.63, 3.8) is 0 Å². The average Bonchev–Trinajstić information content (AvgIpc) is 3.42. The van der Waals surface area contributed by atoms with E-state index in [0.717, 1.165) is 42.7 Å². The van der Waals surface area contributed by atoms with E-state index in [-0.39, 0.29) is 5.41 Å². The number of fused-ring (bicyclic) bond motifs is 1. The molecule has 0 amide bonds. The molecule has 116 valence electrons. The highest BCUT2D eigenvalue weighted by molar-refractivity contribution is 5.69. The zero-order valence-corrected chi connectivity index (χ0v) is 13.3. The van der Waals surface area contributed by atoms with Gasteiger partial charge in [0.15, 0.2) is 0 Å². The maximum atomic E-state index is 9.53. The summed E-state index contributed by atoms with van der Waals surface area (Å²) in [5.41, 5.74) is 5.68. The molecule has 3 heteroatoms. The molecule has 2 aromatic rings. The number of rotatable bonds is 3. The second kappa shape index (κ2) is 5.40. The van der Waals surface area contributed by atoms with E-state index in [9.17, 15) is 5.26 Å². The van der Waals surface area contributed by atoms with Crippen LogP contribution >= 0.6 is 0 Å². The van der Waals surface area contributed by atoms with Gasteiger partial charge < -0.3 is 9.47 Å². The molecule has 0 aromatic heterocycles. The molecule has 0 radical (unpaired) electrons. The van der Waals surface area contributed by atoms with E-state index in [2.05, 4.69) is 36.4 Å². The van der Waals surface area contributed by atoms with E-state index in [1.807, 2.05) is 6.07 Å². The SMILES string of the molecule is COc1ccc(-c2ccc3c(c2)CCOC3)cc1C1(C#N)CC1. The van der Waals surface area contributed by atoms with Crippen LogP contribution < -0.4 is 4.74 Å². The van der Waals surface area contributed by atoms with E-state index in [0.29, 0.717) is 6.61 Å². The fraction of sp³-hybridized carbons (Fsp3) is 0.350. The first-order valence-electron chi connectivity index (χ1n) is 8.05. The molecular formula is C20H19NO2. The number of hydrogen-bond donors (Lipinski definition) is 0. The summed E-state index contributed by atoms with van der Waals surface area (Å²) in [7, 11) is 1.67. The highest BCUT2D eigenvalue weighted by atomic mass is 16.5. The lowest BCUT2D eigenvalue weighted by Gasteiger charge is -2.18. The largest absolute Gasteiger partial charge is 0.496 e. The van der Waals surface area contributed by atoms with Crippen LogP contribution in [0.3, 0.4) is 0 Å². The number of benzene rings is 2. The maximum Gasteiger partial charge on any atom is 0.123 e. The molecule has 2 aromatic carbocycles. The van der Waals surface area contributed by atoms with Gasteiger partial charge >= 0.3 is 0 Å². The third-order valence-corrected chi connectivity index (χ3v) is 4.99. The molecule has 1 saturated carbocycles. The minimum absolute atomic E-state index is 0.344. The van der Waals surface area contributed by atoms with Gasteiger partial charge in [-0.15, -0.1) is 0 Å². The Balaban J connectivity index is 1.78. The van der Waals surface area contributed by atoms with Crippen molar-refractivity contribution in [2.75, 3.05) is 13.7 Å². The van der Waals surface area contributed by atoms with Gasteiger partial charge in [-0.3, -0.25) is 0 Å². The van der Waals surface area contributed by atoms with Gasteiger partial charge in [0.05, 0.1) is 31.8 Å². The molecular weight excluding hydrogens is 286 g/mol. The number of nitrogens with zero attached hydrogens (tertiary/aromatic N) is 1. The van der Waals surface area contributed by atoms with E-state index < -0.39 is 0 Å². The zero-order chi connectivity index (χ0) is 15.9. The second-order valence-corrected chi connectivity index (χ2v) is 6.40. The van der Waals surface area contributed by atoms with Gasteiger partial charge in [-0.05, 0) is 53.6 Å². The van der Waals surface area contributed by atoms with Gasteiger partial charge in [0.2, 0.25) is 0 Å². The Morgan fingerprint density at radius 3 is 2.61 bits per heavy atom. The molecule has 0 N–H and O–H groups in total. The first-order valence-corrected chi connectivity index (χ1v) is 8.05. The van der Waals surface area contributed by atoms with Crippen molar-refractivity contribution in [2.24, 2.45) is 0 Å². The van der Waals surface area contributed by atoms with Crippen LogP contribution in [0, 0.1) is 11.3 Å². The quantitative estimate of drug-likeness (QED) is 0.861. The molecule has 1 fully saturated rings. The molecule has 2 aliphatic rings. The van der Waals surface area contributed by atoms with Crippen LogP contribution in [0.15, 0.2) is 36.4 Å². The first-order chi connectivity index (χ1) is 11.3. The van der Waals surface area contributed by atoms with Crippen molar-refractivity contribution in [1.29, 1.82) is 5.26 Å². The molecule has 0 atom stereocenters. The van der Waals surface area contributed by atoms with E-state index in [1.165, 1.54) is 16.7 Å². The molecule has 3 nitrogen and oxygen atoms in total. The van der Waals surface area contributed by atoms with Gasteiger partial charge in [0.25, 0.3) is 0 Å². The van der Waals surface area contributed by atoms with Crippen LogP contribution in [0.2, 0.25) is 0 Å². The lowest BCUT2D eigenvalue weighted by Crippen LogP contribution is -2.09. The minimum Gasteiger partial charge on any atom is -0.496 e. The fourth-order valence-electron chi connectivity index (χ4n) is 3.37. The van der Waals surface area contributed by atoms with E-state index in [1.54, 1.807) is 7.11 Å². The van der Waals surface area contributed by atoms with Crippen molar-refractivity contribution >= 4 is 0 Å². The molecule has 1 aliphatic heterocycles. The summed E-state index contributed by atoms with van der Waals surface area (Å²) in [4.78, 5) is 0. The highest BCUT2D eigenvalue weighted by Crippen LogP contribution is 2.51. The smallest absolute Gasteiger partial charge is 0.123 e. The van der Waals surface area contributed by atoms with Crippen molar-refractivity contribution in [2.45, 2.75) is 31.3 Å². The Hall–Kier alpha value is -2.31. The molecule has 23 heavy (non-hydrogen) atoms. The van der Waals surface area contributed by atoms with Crippen molar-refractivity contribution in [3.8, 4) is 22.9 Å². The average molecular weight is 305 g/mol. The summed E-state index contributed by atoms with van der Waals surface area (Å²) in [5.74, 6) is 0.819. The van der Waals surface area contributed by atoms with Crippen LogP contribution in [0.25, 0.3) is 11.1 Å². The number of ether oxygens (including phenoxy) is 2. The van der Waals surface area contributed by atoms with Crippen LogP contribution in [0.5, 0.6) is 5.75 Å². The number of nitriles is 1. The number of hydrogen-bond acceptors (Lipinski definition) is 3. The standard InChI is InChI=1S/C20H19NO2/c1-22-19-5-4-15(11-18(19)20(13-21)7-8-20)14-2-3-17-12-23-9-6-16(17)10-14/h2-5,10-11H,6-9,12H2,1H3. The summed E-state index contributed by atoms with van der Waals surface area (Å²) in [6.07, 6.45) is 2.81. The van der Waals surface area contributed by atoms with Crippen LogP contribution in [-0.4, -0.2) is 13.7 Å². The molecule has 0 unspecified atom stereocenters. The van der Waals surface area contributed by atoms with Gasteiger partial charge in [0.1, 0.15) is 5.75 Å². The summed E-state index contributed by atoms with van der Waals surface area (Å²) in [5, 5.41) is 9.53. The first kappa shape index (κ1) is 14.3. The Morgan fingerprint density at radius 2 is 1.87 bits per heavy atom. The van der Waals surface area contributed by atoms with Gasteiger partial charge in [-0.25, -0.2) is 0 Å². The third kappa shape index (κ3) is 2.40. The Morgan fingerprint density at radius 1 is 1.09 bits per heavy atom. The van der Waals surface area contributed by atoms with Gasteiger partial charge in [-0.2, -0.15) is 5.26 Å². The lowest BCUT2D eigenvalue weighted by molar-refractivity contribution is 0.111. The van der Waals surface area contributed by atoms with Crippen LogP contribution in [0.4, 0.5) is 0 Å². The van der Waals surface area contributed by atoms with Crippen molar-refractivity contribution in [3.05, 3.63) is 53.1 Å². The summed E-state index contributed by atoms with van der Waals surface area (Å²) in [6.45, 7) is 1.50. The van der Waals surface area contributed by atoms with E-state index in [4.69, 9.17) is 9.47 Å². The van der Waals surface area contributed by atoms with Crippen molar-refractivity contribution < 1.29 is 9.47 Å². The fourth-order valence-corrected chi connectivity index (χ4v) is 3.37. The third-order valence-electron chi connectivity index (χ3n) is 4.99. The Bertz CT molecular complexity index is 800. The second-order valence-electron chi connectivity index (χ2n) is 6.40. The normalized spacial score (nSPS) is 17.9. The van der Waals surface area contributed by atoms with Gasteiger partial charge in [0, 0.05) is 5.56 Å². The van der Waals surface area contributed by atoms with Crippen LogP contribution in [0.1, 0.15) is 29.5 Å². The van der Waals surface area contributed by atoms with Crippen LogP contribution in [-0.2, 0) is 23.2 Å². The highest BCUT2D eigenvalue weighted by Gasteiger charge is 2.47. The molecule has 0 bridgehead atoms. The minimum atomic E-state index is -0.344. The summed E-state index contributed by atoms with van der Waals surface area (Å²) in [6, 6.07) is 15.2. The topological polar surface area (TPSA) is 42.2 Å². The predicted molar refractivity (Wildman–Crippen MR) is 88.3 cm³/mol. The maximum absolute atomic E-state index is 9.53. The monoisotopic (exact) mass is 305 g/mol. The Kier molecular flexibility index (Phi) is 3.36. The molecule has 4 rings (SSSR count). The number of methoxy groups -OCH3 is 1. The summed E-state index contributed by atoms with van der Waals surface area (Å²) >= 11 is 0. The molecule has 0 saturated heterocycles. The molecule has 1 aliphatic carbocycles. The van der Waals surface area contributed by atoms with Crippen molar-refractivity contribution in [1.82, 2.24) is 0 Å². The zero-order valence-electron chi connectivity index (χ0n) is 13.3. The molecule has 1 heterocycles.